The summed E-state index contributed by atoms with van der Waals surface area (Å²) in [6, 6.07) is 7.57. The van der Waals surface area contributed by atoms with Crippen LogP contribution >= 0.6 is 11.6 Å². The Balaban J connectivity index is 1.86. The normalized spacial score (nSPS) is 19.3. The maximum atomic E-state index is 12.1. The smallest absolute Gasteiger partial charge is 0.260 e. The van der Waals surface area contributed by atoms with Crippen LogP contribution in [0.5, 0.6) is 5.75 Å². The predicted molar refractivity (Wildman–Crippen MR) is 75.6 cm³/mol. The van der Waals surface area contributed by atoms with Crippen LogP contribution in [0.15, 0.2) is 24.3 Å². The number of para-hydroxylation sites is 1. The quantitative estimate of drug-likeness (QED) is 0.917. The second-order valence-electron chi connectivity index (χ2n) is 4.69. The third kappa shape index (κ3) is 3.85. The van der Waals surface area contributed by atoms with Gasteiger partial charge < -0.3 is 15.0 Å². The van der Waals surface area contributed by atoms with Crippen LogP contribution in [-0.2, 0) is 4.79 Å². The number of amides is 1. The molecule has 19 heavy (non-hydrogen) atoms. The SMILES string of the molecule is CNC1CCCN(C(=O)COc2ccccc2Cl)C1. The van der Waals surface area contributed by atoms with E-state index in [4.69, 9.17) is 16.3 Å². The lowest BCUT2D eigenvalue weighted by molar-refractivity contribution is -0.134. The van der Waals surface area contributed by atoms with E-state index < -0.39 is 0 Å². The highest BCUT2D eigenvalue weighted by molar-refractivity contribution is 6.32. The van der Waals surface area contributed by atoms with Crippen LogP contribution in [0.3, 0.4) is 0 Å². The largest absolute Gasteiger partial charge is 0.482 e. The Bertz CT molecular complexity index is 439. The highest BCUT2D eigenvalue weighted by Crippen LogP contribution is 2.23. The molecule has 5 heteroatoms. The molecule has 0 radical (unpaired) electrons. The second-order valence-corrected chi connectivity index (χ2v) is 5.09. The first-order chi connectivity index (χ1) is 9.20. The molecule has 1 amide bonds. The highest BCUT2D eigenvalue weighted by atomic mass is 35.5. The standard InChI is InChI=1S/C14H19ClN2O2/c1-16-11-5-4-8-17(9-11)14(18)10-19-13-7-3-2-6-12(13)15/h2-3,6-7,11,16H,4-5,8-10H2,1H3. The van der Waals surface area contributed by atoms with Gasteiger partial charge in [-0.05, 0) is 32.0 Å². The van der Waals surface area contributed by atoms with Crippen molar-refractivity contribution < 1.29 is 9.53 Å². The number of benzene rings is 1. The highest BCUT2D eigenvalue weighted by Gasteiger charge is 2.22. The minimum Gasteiger partial charge on any atom is -0.482 e. The lowest BCUT2D eigenvalue weighted by Gasteiger charge is -2.32. The summed E-state index contributed by atoms with van der Waals surface area (Å²) < 4.78 is 5.48. The van der Waals surface area contributed by atoms with E-state index in [0.717, 1.165) is 25.9 Å². The molecule has 0 saturated carbocycles. The molecule has 0 aliphatic carbocycles. The Morgan fingerprint density at radius 3 is 3.05 bits per heavy atom. The number of halogens is 1. The van der Waals surface area contributed by atoms with Gasteiger partial charge >= 0.3 is 0 Å². The molecule has 4 nitrogen and oxygen atoms in total. The molecule has 1 aliphatic heterocycles. The first kappa shape index (κ1) is 14.2. The van der Waals surface area contributed by atoms with Crippen molar-refractivity contribution in [3.8, 4) is 5.75 Å². The van der Waals surface area contributed by atoms with Crippen molar-refractivity contribution in [3.05, 3.63) is 29.3 Å². The summed E-state index contributed by atoms with van der Waals surface area (Å²) in [5.74, 6) is 0.569. The van der Waals surface area contributed by atoms with E-state index in [0.29, 0.717) is 16.8 Å². The van der Waals surface area contributed by atoms with Crippen molar-refractivity contribution >= 4 is 17.5 Å². The summed E-state index contributed by atoms with van der Waals surface area (Å²) in [6.45, 7) is 1.60. The number of hydrogen-bond acceptors (Lipinski definition) is 3. The van der Waals surface area contributed by atoms with E-state index in [-0.39, 0.29) is 12.5 Å². The number of carbonyl (C=O) groups is 1. The molecule has 1 aromatic rings. The van der Waals surface area contributed by atoms with Gasteiger partial charge in [0.05, 0.1) is 5.02 Å². The van der Waals surface area contributed by atoms with Crippen molar-refractivity contribution in [2.24, 2.45) is 0 Å². The summed E-state index contributed by atoms with van der Waals surface area (Å²) in [4.78, 5) is 13.9. The number of likely N-dealkylation sites (tertiary alicyclic amines) is 1. The molecule has 1 aromatic carbocycles. The van der Waals surface area contributed by atoms with E-state index >= 15 is 0 Å². The molecule has 104 valence electrons. The van der Waals surface area contributed by atoms with Crippen LogP contribution in [-0.4, -0.2) is 43.6 Å². The van der Waals surface area contributed by atoms with Crippen molar-refractivity contribution in [1.29, 1.82) is 0 Å². The van der Waals surface area contributed by atoms with Gasteiger partial charge in [-0.3, -0.25) is 4.79 Å². The zero-order valence-electron chi connectivity index (χ0n) is 11.1. The molecule has 1 saturated heterocycles. The Kier molecular flexibility index (Phi) is 5.05. The average Bonchev–Trinajstić information content (AvgIpc) is 2.46. The van der Waals surface area contributed by atoms with Gasteiger partial charge in [-0.2, -0.15) is 0 Å². The molecule has 1 fully saturated rings. The van der Waals surface area contributed by atoms with Crippen molar-refractivity contribution in [3.63, 3.8) is 0 Å². The number of hydrogen-bond donors (Lipinski definition) is 1. The van der Waals surface area contributed by atoms with Crippen molar-refractivity contribution in [2.75, 3.05) is 26.7 Å². The van der Waals surface area contributed by atoms with Crippen LogP contribution in [0.25, 0.3) is 0 Å². The molecule has 2 rings (SSSR count). The molecule has 1 atom stereocenters. The van der Waals surface area contributed by atoms with Gasteiger partial charge in [0.25, 0.3) is 5.91 Å². The number of nitrogens with zero attached hydrogens (tertiary/aromatic N) is 1. The number of carbonyl (C=O) groups excluding carboxylic acids is 1. The van der Waals surface area contributed by atoms with E-state index in [9.17, 15) is 4.79 Å². The van der Waals surface area contributed by atoms with Crippen molar-refractivity contribution in [2.45, 2.75) is 18.9 Å². The fourth-order valence-electron chi connectivity index (χ4n) is 2.23. The summed E-state index contributed by atoms with van der Waals surface area (Å²) in [5.41, 5.74) is 0. The Labute approximate surface area is 118 Å². The second kappa shape index (κ2) is 6.78. The van der Waals surface area contributed by atoms with E-state index in [1.165, 1.54) is 0 Å². The molecular formula is C14H19ClN2O2. The Hall–Kier alpha value is -1.26. The van der Waals surface area contributed by atoms with Gasteiger partial charge in [0.15, 0.2) is 6.61 Å². The molecule has 0 aromatic heterocycles. The minimum absolute atomic E-state index is 0.0138. The summed E-state index contributed by atoms with van der Waals surface area (Å²) in [5, 5.41) is 3.75. The maximum Gasteiger partial charge on any atom is 0.260 e. The van der Waals surface area contributed by atoms with Gasteiger partial charge in [0, 0.05) is 19.1 Å². The molecular weight excluding hydrogens is 264 g/mol. The first-order valence-corrected chi connectivity index (χ1v) is 6.91. The first-order valence-electron chi connectivity index (χ1n) is 6.53. The van der Waals surface area contributed by atoms with Gasteiger partial charge in [-0.25, -0.2) is 0 Å². The Morgan fingerprint density at radius 1 is 1.53 bits per heavy atom. The molecule has 0 spiro atoms. The lowest BCUT2D eigenvalue weighted by Crippen LogP contribution is -2.48. The van der Waals surface area contributed by atoms with Gasteiger partial charge in [-0.15, -0.1) is 0 Å². The monoisotopic (exact) mass is 282 g/mol. The zero-order valence-corrected chi connectivity index (χ0v) is 11.8. The molecule has 1 unspecified atom stereocenters. The zero-order chi connectivity index (χ0) is 13.7. The molecule has 1 N–H and O–H groups in total. The van der Waals surface area contributed by atoms with Gasteiger partial charge in [-0.1, -0.05) is 23.7 Å². The number of piperidine rings is 1. The van der Waals surface area contributed by atoms with E-state index in [1.807, 2.05) is 24.1 Å². The number of rotatable bonds is 4. The van der Waals surface area contributed by atoms with Crippen LogP contribution in [0.2, 0.25) is 5.02 Å². The average molecular weight is 283 g/mol. The van der Waals surface area contributed by atoms with Gasteiger partial charge in [0.2, 0.25) is 0 Å². The number of nitrogens with one attached hydrogen (secondary N) is 1. The number of ether oxygens (including phenoxy) is 1. The molecule has 1 aliphatic rings. The van der Waals surface area contributed by atoms with Crippen LogP contribution in [0.1, 0.15) is 12.8 Å². The van der Waals surface area contributed by atoms with E-state index in [2.05, 4.69) is 5.32 Å². The Morgan fingerprint density at radius 2 is 2.32 bits per heavy atom. The summed E-state index contributed by atoms with van der Waals surface area (Å²) >= 11 is 5.98. The van der Waals surface area contributed by atoms with Crippen LogP contribution in [0, 0.1) is 0 Å². The van der Waals surface area contributed by atoms with Crippen LogP contribution < -0.4 is 10.1 Å². The molecule has 0 bridgehead atoms. The topological polar surface area (TPSA) is 41.6 Å². The van der Waals surface area contributed by atoms with E-state index in [1.54, 1.807) is 12.1 Å². The van der Waals surface area contributed by atoms with Crippen LogP contribution in [0.4, 0.5) is 0 Å². The number of likely N-dealkylation sites (N-methyl/N-ethyl adjacent to an activating group) is 1. The maximum absolute atomic E-state index is 12.1. The minimum atomic E-state index is 0.0138. The fourth-order valence-corrected chi connectivity index (χ4v) is 2.42. The fraction of sp³-hybridized carbons (Fsp3) is 0.500. The van der Waals surface area contributed by atoms with Crippen molar-refractivity contribution in [1.82, 2.24) is 10.2 Å². The third-order valence-corrected chi connectivity index (χ3v) is 3.68. The summed E-state index contributed by atoms with van der Waals surface area (Å²) in [6.07, 6.45) is 2.15. The van der Waals surface area contributed by atoms with Gasteiger partial charge in [0.1, 0.15) is 5.75 Å². The predicted octanol–water partition coefficient (Wildman–Crippen LogP) is 1.93. The lowest BCUT2D eigenvalue weighted by atomic mass is 10.1. The molecule has 1 heterocycles. The third-order valence-electron chi connectivity index (χ3n) is 3.37. The summed E-state index contributed by atoms with van der Waals surface area (Å²) in [7, 11) is 1.93.